The number of likely N-dealkylation sites (N-methyl/N-ethyl adjacent to an activating group) is 1. The molecule has 0 aliphatic rings. The molecular formula is C20H35ClN2O3. The fourth-order valence-corrected chi connectivity index (χ4v) is 2.57. The Bertz CT molecular complexity index is 478. The molecule has 0 aliphatic heterocycles. The fraction of sp³-hybridized carbons (Fsp3) is 0.650. The lowest BCUT2D eigenvalue weighted by Gasteiger charge is -2.22. The number of hydrogen-bond donors (Lipinski definition) is 1. The molecule has 5 nitrogen and oxygen atoms in total. The van der Waals surface area contributed by atoms with Gasteiger partial charge in [0.2, 0.25) is 0 Å². The average molecular weight is 387 g/mol. The van der Waals surface area contributed by atoms with Gasteiger partial charge in [-0.25, -0.2) is 4.79 Å². The zero-order valence-electron chi connectivity index (χ0n) is 16.6. The van der Waals surface area contributed by atoms with Gasteiger partial charge in [-0.15, -0.1) is 12.4 Å². The topological polar surface area (TPSA) is 50.8 Å². The molecule has 0 saturated heterocycles. The molecule has 0 saturated carbocycles. The number of hydrogen-bond acceptors (Lipinski definition) is 4. The van der Waals surface area contributed by atoms with Crippen molar-refractivity contribution in [3.8, 4) is 5.75 Å². The number of carbonyl (C=O) groups excluding carboxylic acids is 1. The Labute approximate surface area is 164 Å². The van der Waals surface area contributed by atoms with Gasteiger partial charge in [-0.1, -0.05) is 40.0 Å². The van der Waals surface area contributed by atoms with E-state index in [9.17, 15) is 4.79 Å². The molecule has 1 amide bonds. The Balaban J connectivity index is 0.00000625. The Morgan fingerprint density at radius 1 is 1.08 bits per heavy atom. The lowest BCUT2D eigenvalue weighted by atomic mass is 10.2. The summed E-state index contributed by atoms with van der Waals surface area (Å²) in [5.41, 5.74) is 0.707. The number of nitrogens with zero attached hydrogens (tertiary/aromatic N) is 1. The molecule has 0 bridgehead atoms. The quantitative estimate of drug-likeness (QED) is 0.492. The second kappa shape index (κ2) is 14.7. The van der Waals surface area contributed by atoms with Crippen LogP contribution in [0.15, 0.2) is 24.3 Å². The van der Waals surface area contributed by atoms with Crippen LogP contribution in [0.3, 0.4) is 0 Å². The number of carbonyl (C=O) groups is 1. The van der Waals surface area contributed by atoms with E-state index in [1.54, 1.807) is 0 Å². The third-order valence-electron chi connectivity index (χ3n) is 4.09. The summed E-state index contributed by atoms with van der Waals surface area (Å²) in [5, 5.41) is 2.76. The minimum Gasteiger partial charge on any atom is -0.494 e. The normalized spacial score (nSPS) is 11.6. The Kier molecular flexibility index (Phi) is 13.9. The maximum atomic E-state index is 12.0. The van der Waals surface area contributed by atoms with Crippen molar-refractivity contribution in [2.75, 3.05) is 31.6 Å². The van der Waals surface area contributed by atoms with Gasteiger partial charge in [-0.3, -0.25) is 5.32 Å². The summed E-state index contributed by atoms with van der Waals surface area (Å²) in [6, 6.07) is 7.40. The second-order valence-corrected chi connectivity index (χ2v) is 6.26. The van der Waals surface area contributed by atoms with Crippen LogP contribution in [0.5, 0.6) is 5.75 Å². The van der Waals surface area contributed by atoms with Crippen LogP contribution >= 0.6 is 12.4 Å². The van der Waals surface area contributed by atoms with Gasteiger partial charge in [0.15, 0.2) is 0 Å². The van der Waals surface area contributed by atoms with E-state index in [1.165, 1.54) is 19.3 Å². The molecule has 0 aliphatic carbocycles. The molecule has 6 heteroatoms. The van der Waals surface area contributed by atoms with Gasteiger partial charge >= 0.3 is 6.09 Å². The predicted molar refractivity (Wildman–Crippen MR) is 111 cm³/mol. The number of rotatable bonds is 12. The number of nitrogens with one attached hydrogen (secondary N) is 1. The third-order valence-corrected chi connectivity index (χ3v) is 4.09. The van der Waals surface area contributed by atoms with E-state index >= 15 is 0 Å². The van der Waals surface area contributed by atoms with Gasteiger partial charge < -0.3 is 14.4 Å². The molecule has 1 unspecified atom stereocenters. The minimum absolute atomic E-state index is 0. The summed E-state index contributed by atoms with van der Waals surface area (Å²) in [5.74, 6) is 0.824. The summed E-state index contributed by atoms with van der Waals surface area (Å²) < 4.78 is 11.1. The molecule has 0 fully saturated rings. The van der Waals surface area contributed by atoms with Gasteiger partial charge in [-0.05, 0) is 50.7 Å². The first-order chi connectivity index (χ1) is 12.1. The van der Waals surface area contributed by atoms with Crippen molar-refractivity contribution < 1.29 is 14.3 Å². The van der Waals surface area contributed by atoms with Crippen LogP contribution in [0, 0.1) is 0 Å². The molecule has 1 atom stereocenters. The molecule has 0 heterocycles. The van der Waals surface area contributed by atoms with Crippen LogP contribution < -0.4 is 10.1 Å². The summed E-state index contributed by atoms with van der Waals surface area (Å²) >= 11 is 0. The molecule has 1 rings (SSSR count). The van der Waals surface area contributed by atoms with Crippen LogP contribution in [-0.2, 0) is 4.74 Å². The number of amides is 1. The Morgan fingerprint density at radius 3 is 2.31 bits per heavy atom. The molecule has 0 spiro atoms. The van der Waals surface area contributed by atoms with Crippen LogP contribution in [-0.4, -0.2) is 43.3 Å². The number of ether oxygens (including phenoxy) is 2. The van der Waals surface area contributed by atoms with E-state index in [0.717, 1.165) is 38.4 Å². The molecular weight excluding hydrogens is 352 g/mol. The van der Waals surface area contributed by atoms with Gasteiger partial charge in [-0.2, -0.15) is 0 Å². The summed E-state index contributed by atoms with van der Waals surface area (Å²) in [4.78, 5) is 14.2. The monoisotopic (exact) mass is 386 g/mol. The van der Waals surface area contributed by atoms with Crippen molar-refractivity contribution in [3.05, 3.63) is 24.3 Å². The van der Waals surface area contributed by atoms with Gasteiger partial charge in [0.05, 0.1) is 6.61 Å². The van der Waals surface area contributed by atoms with E-state index in [-0.39, 0.29) is 18.5 Å². The van der Waals surface area contributed by atoms with E-state index < -0.39 is 6.09 Å². The maximum absolute atomic E-state index is 12.0. The fourth-order valence-electron chi connectivity index (χ4n) is 2.57. The Hall–Kier alpha value is -1.46. The molecule has 1 aromatic carbocycles. The highest BCUT2D eigenvalue weighted by Gasteiger charge is 2.12. The zero-order valence-corrected chi connectivity index (χ0v) is 17.4. The largest absolute Gasteiger partial charge is 0.494 e. The van der Waals surface area contributed by atoms with Crippen molar-refractivity contribution in [2.45, 2.75) is 59.5 Å². The smallest absolute Gasteiger partial charge is 0.411 e. The van der Waals surface area contributed by atoms with Crippen molar-refractivity contribution in [3.63, 3.8) is 0 Å². The molecule has 26 heavy (non-hydrogen) atoms. The van der Waals surface area contributed by atoms with E-state index in [0.29, 0.717) is 5.69 Å². The SMILES string of the molecule is CCCCCCOc1ccc(NC(=O)OC(C)CN(CC)CC)cc1.Cl. The van der Waals surface area contributed by atoms with Crippen LogP contribution in [0.1, 0.15) is 53.4 Å². The summed E-state index contributed by atoms with van der Waals surface area (Å²) in [6.45, 7) is 11.7. The van der Waals surface area contributed by atoms with Gasteiger partial charge in [0, 0.05) is 12.2 Å². The number of anilines is 1. The van der Waals surface area contributed by atoms with E-state index in [1.807, 2.05) is 31.2 Å². The number of benzene rings is 1. The van der Waals surface area contributed by atoms with E-state index in [2.05, 4.69) is 31.0 Å². The molecule has 0 aromatic heterocycles. The highest BCUT2D eigenvalue weighted by molar-refractivity contribution is 5.85. The van der Waals surface area contributed by atoms with Crippen LogP contribution in [0.25, 0.3) is 0 Å². The lowest BCUT2D eigenvalue weighted by molar-refractivity contribution is 0.0929. The van der Waals surface area contributed by atoms with Crippen LogP contribution in [0.4, 0.5) is 10.5 Å². The van der Waals surface area contributed by atoms with Gasteiger partial charge in [0.25, 0.3) is 0 Å². The van der Waals surface area contributed by atoms with Crippen molar-refractivity contribution in [1.82, 2.24) is 4.90 Å². The molecule has 150 valence electrons. The van der Waals surface area contributed by atoms with Gasteiger partial charge in [0.1, 0.15) is 11.9 Å². The van der Waals surface area contributed by atoms with Crippen molar-refractivity contribution in [2.24, 2.45) is 0 Å². The first-order valence-electron chi connectivity index (χ1n) is 9.51. The van der Waals surface area contributed by atoms with Crippen molar-refractivity contribution >= 4 is 24.2 Å². The average Bonchev–Trinajstić information content (AvgIpc) is 2.60. The second-order valence-electron chi connectivity index (χ2n) is 6.26. The Morgan fingerprint density at radius 2 is 1.73 bits per heavy atom. The van der Waals surface area contributed by atoms with E-state index in [4.69, 9.17) is 9.47 Å². The summed E-state index contributed by atoms with van der Waals surface area (Å²) in [6.07, 6.45) is 4.18. The first-order valence-corrected chi connectivity index (χ1v) is 9.51. The predicted octanol–water partition coefficient (Wildman–Crippen LogP) is 5.35. The molecule has 1 aromatic rings. The lowest BCUT2D eigenvalue weighted by Crippen LogP contribution is -2.34. The first kappa shape index (κ1) is 24.5. The molecule has 0 radical (unpaired) electrons. The summed E-state index contributed by atoms with van der Waals surface area (Å²) in [7, 11) is 0. The minimum atomic E-state index is -0.423. The highest BCUT2D eigenvalue weighted by atomic mass is 35.5. The highest BCUT2D eigenvalue weighted by Crippen LogP contribution is 2.16. The van der Waals surface area contributed by atoms with Crippen molar-refractivity contribution in [1.29, 1.82) is 0 Å². The standard InChI is InChI=1S/C20H34N2O3.ClH/c1-5-8-9-10-15-24-19-13-11-18(12-14-19)21-20(23)25-17(4)16-22(6-2)7-3;/h11-14,17H,5-10,15-16H2,1-4H3,(H,21,23);1H. The number of halogens is 1. The maximum Gasteiger partial charge on any atom is 0.411 e. The van der Waals surface area contributed by atoms with Crippen LogP contribution in [0.2, 0.25) is 0 Å². The molecule has 1 N–H and O–H groups in total. The third kappa shape index (κ3) is 10.5. The number of unbranched alkanes of at least 4 members (excludes halogenated alkanes) is 3. The zero-order chi connectivity index (χ0) is 18.5.